The van der Waals surface area contributed by atoms with Gasteiger partial charge in [-0.05, 0) is 38.4 Å². The molecule has 2 aromatic rings. The topological polar surface area (TPSA) is 71.2 Å². The second-order valence-electron chi connectivity index (χ2n) is 5.93. The maximum atomic E-state index is 12.3. The predicted molar refractivity (Wildman–Crippen MR) is 91.1 cm³/mol. The van der Waals surface area contributed by atoms with Crippen molar-refractivity contribution in [3.8, 4) is 0 Å². The lowest BCUT2D eigenvalue weighted by molar-refractivity contribution is -0.118. The lowest BCUT2D eigenvalue weighted by atomic mass is 9.97. The van der Waals surface area contributed by atoms with Gasteiger partial charge in [0.05, 0.1) is 16.8 Å². The van der Waals surface area contributed by atoms with Crippen molar-refractivity contribution in [2.24, 2.45) is 5.73 Å². The molecule has 3 N–H and O–H groups in total. The van der Waals surface area contributed by atoms with Crippen LogP contribution in [0.3, 0.4) is 0 Å². The minimum Gasteiger partial charge on any atom is -0.327 e. The monoisotopic (exact) mass is 318 g/mol. The third-order valence-corrected chi connectivity index (χ3v) is 5.11. The Morgan fingerprint density at radius 3 is 3.09 bits per heavy atom. The van der Waals surface area contributed by atoms with E-state index in [0.717, 1.165) is 29.6 Å². The highest BCUT2D eigenvalue weighted by Gasteiger charge is 2.27. The molecule has 0 bridgehead atoms. The van der Waals surface area contributed by atoms with Gasteiger partial charge in [-0.25, -0.2) is 4.98 Å². The number of para-hydroxylation sites is 1. The Labute approximate surface area is 134 Å². The summed E-state index contributed by atoms with van der Waals surface area (Å²) in [5, 5.41) is 3.59. The van der Waals surface area contributed by atoms with Crippen LogP contribution in [0.25, 0.3) is 10.2 Å². The number of thiazole rings is 1. The molecule has 5 nitrogen and oxygen atoms in total. The van der Waals surface area contributed by atoms with Crippen molar-refractivity contribution in [1.82, 2.24) is 9.88 Å². The normalized spacial score (nSPS) is 20.9. The van der Waals surface area contributed by atoms with E-state index in [4.69, 9.17) is 5.73 Å². The summed E-state index contributed by atoms with van der Waals surface area (Å²) in [6.45, 7) is 3.36. The van der Waals surface area contributed by atoms with Gasteiger partial charge in [-0.3, -0.25) is 9.69 Å². The Morgan fingerprint density at radius 2 is 2.32 bits per heavy atom. The molecular weight excluding hydrogens is 296 g/mol. The van der Waals surface area contributed by atoms with Crippen LogP contribution in [-0.2, 0) is 4.79 Å². The van der Waals surface area contributed by atoms with Crippen molar-refractivity contribution in [3.63, 3.8) is 0 Å². The first kappa shape index (κ1) is 15.4. The van der Waals surface area contributed by atoms with Gasteiger partial charge in [-0.2, -0.15) is 0 Å². The maximum absolute atomic E-state index is 12.3. The Hall–Kier alpha value is -1.50. The number of piperidine rings is 1. The van der Waals surface area contributed by atoms with Crippen LogP contribution in [-0.4, -0.2) is 41.0 Å². The standard InChI is InChI=1S/C16H22N4OS/c1-11(17)13-7-4-5-9-20(13)10-15(21)19-16-18-12-6-2-3-8-14(12)22-16/h2-3,6,8,11,13H,4-5,7,9-10,17H2,1H3,(H,18,19,21). The zero-order valence-corrected chi connectivity index (χ0v) is 13.6. The molecule has 1 aromatic heterocycles. The molecule has 22 heavy (non-hydrogen) atoms. The number of nitrogens with two attached hydrogens (primary N) is 1. The van der Waals surface area contributed by atoms with E-state index in [1.807, 2.05) is 31.2 Å². The number of amides is 1. The molecule has 0 saturated carbocycles. The Balaban J connectivity index is 1.64. The number of hydrogen-bond acceptors (Lipinski definition) is 5. The van der Waals surface area contributed by atoms with Crippen molar-refractivity contribution < 1.29 is 4.79 Å². The molecular formula is C16H22N4OS. The molecule has 0 aliphatic carbocycles. The van der Waals surface area contributed by atoms with Crippen LogP contribution in [0.5, 0.6) is 0 Å². The smallest absolute Gasteiger partial charge is 0.240 e. The fourth-order valence-corrected chi connectivity index (χ4v) is 3.96. The van der Waals surface area contributed by atoms with Gasteiger partial charge in [-0.1, -0.05) is 29.9 Å². The molecule has 1 amide bonds. The van der Waals surface area contributed by atoms with E-state index in [9.17, 15) is 4.79 Å². The van der Waals surface area contributed by atoms with Crippen LogP contribution in [0.2, 0.25) is 0 Å². The highest BCUT2D eigenvalue weighted by Crippen LogP contribution is 2.25. The third kappa shape index (κ3) is 3.45. The number of aromatic nitrogens is 1. The zero-order chi connectivity index (χ0) is 15.5. The van der Waals surface area contributed by atoms with Gasteiger partial charge in [0, 0.05) is 12.1 Å². The fourth-order valence-electron chi connectivity index (χ4n) is 3.08. The number of hydrogen-bond donors (Lipinski definition) is 2. The van der Waals surface area contributed by atoms with E-state index in [2.05, 4.69) is 15.2 Å². The second kappa shape index (κ2) is 6.73. The van der Waals surface area contributed by atoms with Crippen molar-refractivity contribution in [2.45, 2.75) is 38.3 Å². The van der Waals surface area contributed by atoms with Crippen LogP contribution in [0, 0.1) is 0 Å². The Bertz CT molecular complexity index is 621. The molecule has 0 radical (unpaired) electrons. The largest absolute Gasteiger partial charge is 0.327 e. The van der Waals surface area contributed by atoms with E-state index in [0.29, 0.717) is 17.7 Å². The average Bonchev–Trinajstić information content (AvgIpc) is 2.89. The summed E-state index contributed by atoms with van der Waals surface area (Å²) in [5.74, 6) is -0.00777. The molecule has 1 saturated heterocycles. The van der Waals surface area contributed by atoms with E-state index in [1.165, 1.54) is 17.8 Å². The number of nitrogens with one attached hydrogen (secondary N) is 1. The summed E-state index contributed by atoms with van der Waals surface area (Å²) in [6, 6.07) is 8.30. The Kier molecular flexibility index (Phi) is 4.71. The first-order valence-electron chi connectivity index (χ1n) is 7.78. The number of benzene rings is 1. The predicted octanol–water partition coefficient (Wildman–Crippen LogP) is 2.44. The molecule has 0 spiro atoms. The SMILES string of the molecule is CC(N)C1CCCCN1CC(=O)Nc1nc2ccccc2s1. The molecule has 118 valence electrons. The van der Waals surface area contributed by atoms with E-state index in [1.54, 1.807) is 0 Å². The first-order valence-corrected chi connectivity index (χ1v) is 8.60. The zero-order valence-electron chi connectivity index (χ0n) is 12.8. The second-order valence-corrected chi connectivity index (χ2v) is 6.96. The number of likely N-dealkylation sites (tertiary alicyclic amines) is 1. The number of rotatable bonds is 4. The molecule has 6 heteroatoms. The lowest BCUT2D eigenvalue weighted by Crippen LogP contribution is -2.51. The summed E-state index contributed by atoms with van der Waals surface area (Å²) >= 11 is 1.51. The van der Waals surface area contributed by atoms with Gasteiger partial charge >= 0.3 is 0 Å². The number of carbonyl (C=O) groups excluding carboxylic acids is 1. The van der Waals surface area contributed by atoms with Crippen LogP contribution >= 0.6 is 11.3 Å². The molecule has 1 aromatic carbocycles. The highest BCUT2D eigenvalue weighted by atomic mass is 32.1. The minimum atomic E-state index is -0.00777. The van der Waals surface area contributed by atoms with E-state index in [-0.39, 0.29) is 11.9 Å². The molecule has 1 aliphatic rings. The van der Waals surface area contributed by atoms with Crippen LogP contribution < -0.4 is 11.1 Å². The number of nitrogens with zero attached hydrogens (tertiary/aromatic N) is 2. The average molecular weight is 318 g/mol. The summed E-state index contributed by atoms with van der Waals surface area (Å²) < 4.78 is 1.09. The van der Waals surface area contributed by atoms with Crippen molar-refractivity contribution in [3.05, 3.63) is 24.3 Å². The van der Waals surface area contributed by atoms with E-state index >= 15 is 0 Å². The maximum Gasteiger partial charge on any atom is 0.240 e. The van der Waals surface area contributed by atoms with E-state index < -0.39 is 0 Å². The first-order chi connectivity index (χ1) is 10.6. The molecule has 2 unspecified atom stereocenters. The van der Waals surface area contributed by atoms with Gasteiger partial charge in [0.15, 0.2) is 5.13 Å². The summed E-state index contributed by atoms with van der Waals surface area (Å²) in [7, 11) is 0. The minimum absolute atomic E-state index is 0.00777. The van der Waals surface area contributed by atoms with Gasteiger partial charge < -0.3 is 11.1 Å². The summed E-state index contributed by atoms with van der Waals surface area (Å²) in [5.41, 5.74) is 6.98. The Morgan fingerprint density at radius 1 is 1.50 bits per heavy atom. The lowest BCUT2D eigenvalue weighted by Gasteiger charge is -2.37. The van der Waals surface area contributed by atoms with Crippen LogP contribution in [0.1, 0.15) is 26.2 Å². The molecule has 1 fully saturated rings. The molecule has 1 aliphatic heterocycles. The number of carbonyl (C=O) groups is 1. The molecule has 2 heterocycles. The number of fused-ring (bicyclic) bond motifs is 1. The quantitative estimate of drug-likeness (QED) is 0.908. The highest BCUT2D eigenvalue weighted by molar-refractivity contribution is 7.22. The number of anilines is 1. The fraction of sp³-hybridized carbons (Fsp3) is 0.500. The van der Waals surface area contributed by atoms with Gasteiger partial charge in [0.25, 0.3) is 0 Å². The third-order valence-electron chi connectivity index (χ3n) is 4.16. The van der Waals surface area contributed by atoms with Crippen molar-refractivity contribution in [1.29, 1.82) is 0 Å². The molecule has 2 atom stereocenters. The summed E-state index contributed by atoms with van der Waals surface area (Å²) in [4.78, 5) is 18.9. The van der Waals surface area contributed by atoms with Crippen LogP contribution in [0.4, 0.5) is 5.13 Å². The summed E-state index contributed by atoms with van der Waals surface area (Å²) in [6.07, 6.45) is 3.41. The van der Waals surface area contributed by atoms with Gasteiger partial charge in [0.2, 0.25) is 5.91 Å². The van der Waals surface area contributed by atoms with Crippen molar-refractivity contribution in [2.75, 3.05) is 18.4 Å². The van der Waals surface area contributed by atoms with Crippen LogP contribution in [0.15, 0.2) is 24.3 Å². The molecule has 3 rings (SSSR count). The van der Waals surface area contributed by atoms with Gasteiger partial charge in [0.1, 0.15) is 0 Å². The van der Waals surface area contributed by atoms with Crippen molar-refractivity contribution >= 4 is 32.6 Å². The van der Waals surface area contributed by atoms with Gasteiger partial charge in [-0.15, -0.1) is 0 Å².